The van der Waals surface area contributed by atoms with E-state index in [0.29, 0.717) is 6.04 Å². The Kier molecular flexibility index (Phi) is 6.99. The zero-order valence-corrected chi connectivity index (χ0v) is 13.8. The van der Waals surface area contributed by atoms with Gasteiger partial charge < -0.3 is 15.4 Å². The van der Waals surface area contributed by atoms with E-state index in [2.05, 4.69) is 17.6 Å². The van der Waals surface area contributed by atoms with Crippen molar-refractivity contribution in [1.82, 2.24) is 10.6 Å². The molecule has 1 amide bonds. The lowest BCUT2D eigenvalue weighted by atomic mass is 10.0. The van der Waals surface area contributed by atoms with Crippen LogP contribution in [0.25, 0.3) is 0 Å². The van der Waals surface area contributed by atoms with Gasteiger partial charge in [0.15, 0.2) is 6.61 Å². The SMILES string of the molecule is Cc1ccc(C)c(OCC(=O)NC2CCNC(C)C2)c1.Cl. The molecule has 1 aromatic rings. The first kappa shape index (κ1) is 17.8. The highest BCUT2D eigenvalue weighted by Gasteiger charge is 2.19. The minimum absolute atomic E-state index is 0. The molecule has 0 saturated carbocycles. The van der Waals surface area contributed by atoms with Crippen LogP contribution in [0.5, 0.6) is 5.75 Å². The quantitative estimate of drug-likeness (QED) is 0.897. The molecule has 0 radical (unpaired) electrons. The number of hydrogen-bond donors (Lipinski definition) is 2. The molecule has 2 N–H and O–H groups in total. The van der Waals surface area contributed by atoms with E-state index in [1.54, 1.807) is 0 Å². The molecule has 2 unspecified atom stereocenters. The number of rotatable bonds is 4. The Morgan fingerprint density at radius 1 is 1.43 bits per heavy atom. The van der Waals surface area contributed by atoms with Crippen molar-refractivity contribution in [3.05, 3.63) is 29.3 Å². The van der Waals surface area contributed by atoms with Crippen LogP contribution in [0.15, 0.2) is 18.2 Å². The molecule has 0 bridgehead atoms. The predicted molar refractivity (Wildman–Crippen MR) is 87.3 cm³/mol. The van der Waals surface area contributed by atoms with Gasteiger partial charge in [-0.05, 0) is 57.4 Å². The number of ether oxygens (including phenoxy) is 1. The Bertz CT molecular complexity index is 479. The van der Waals surface area contributed by atoms with E-state index in [4.69, 9.17) is 4.74 Å². The number of nitrogens with one attached hydrogen (secondary N) is 2. The van der Waals surface area contributed by atoms with E-state index in [0.717, 1.165) is 36.3 Å². The lowest BCUT2D eigenvalue weighted by Crippen LogP contribution is -2.47. The first-order valence-corrected chi connectivity index (χ1v) is 7.27. The summed E-state index contributed by atoms with van der Waals surface area (Å²) in [5, 5.41) is 6.42. The van der Waals surface area contributed by atoms with E-state index < -0.39 is 0 Å². The van der Waals surface area contributed by atoms with Crippen LogP contribution < -0.4 is 15.4 Å². The molecule has 118 valence electrons. The molecule has 1 heterocycles. The van der Waals surface area contributed by atoms with E-state index >= 15 is 0 Å². The maximum atomic E-state index is 11.9. The van der Waals surface area contributed by atoms with Gasteiger partial charge in [-0.3, -0.25) is 4.79 Å². The van der Waals surface area contributed by atoms with Crippen LogP contribution in [0.1, 0.15) is 30.9 Å². The van der Waals surface area contributed by atoms with E-state index in [9.17, 15) is 4.79 Å². The molecule has 1 aliphatic rings. The number of carbonyl (C=O) groups excluding carboxylic acids is 1. The van der Waals surface area contributed by atoms with Gasteiger partial charge >= 0.3 is 0 Å². The summed E-state index contributed by atoms with van der Waals surface area (Å²) in [7, 11) is 0. The van der Waals surface area contributed by atoms with Gasteiger partial charge in [-0.25, -0.2) is 0 Å². The minimum atomic E-state index is -0.0370. The third-order valence-electron chi connectivity index (χ3n) is 3.69. The Morgan fingerprint density at radius 2 is 2.19 bits per heavy atom. The van der Waals surface area contributed by atoms with Crippen molar-refractivity contribution >= 4 is 18.3 Å². The summed E-state index contributed by atoms with van der Waals surface area (Å²) in [6.07, 6.45) is 1.97. The number of amides is 1. The third kappa shape index (κ3) is 5.56. The second-order valence-corrected chi connectivity index (χ2v) is 5.70. The Balaban J connectivity index is 0.00000220. The molecule has 2 rings (SSSR count). The lowest BCUT2D eigenvalue weighted by Gasteiger charge is -2.28. The number of halogens is 1. The summed E-state index contributed by atoms with van der Waals surface area (Å²) >= 11 is 0. The second kappa shape index (κ2) is 8.25. The van der Waals surface area contributed by atoms with E-state index in [1.165, 1.54) is 0 Å². The van der Waals surface area contributed by atoms with Gasteiger partial charge in [-0.2, -0.15) is 0 Å². The van der Waals surface area contributed by atoms with Gasteiger partial charge in [-0.15, -0.1) is 12.4 Å². The van der Waals surface area contributed by atoms with Crippen LogP contribution in [0.3, 0.4) is 0 Å². The van der Waals surface area contributed by atoms with Gasteiger partial charge in [0.1, 0.15) is 5.75 Å². The standard InChI is InChI=1S/C16H24N2O2.ClH/c1-11-4-5-12(2)15(8-11)20-10-16(19)18-14-6-7-17-13(3)9-14;/h4-5,8,13-14,17H,6-7,9-10H2,1-3H3,(H,18,19);1H. The fourth-order valence-corrected chi connectivity index (χ4v) is 2.54. The van der Waals surface area contributed by atoms with E-state index in [1.807, 2.05) is 32.0 Å². The van der Waals surface area contributed by atoms with Crippen molar-refractivity contribution in [2.45, 2.75) is 45.7 Å². The zero-order valence-electron chi connectivity index (χ0n) is 12.9. The molecule has 0 spiro atoms. The number of aryl methyl sites for hydroxylation is 2. The van der Waals surface area contributed by atoms with Gasteiger partial charge in [0, 0.05) is 12.1 Å². The molecule has 1 fully saturated rings. The fraction of sp³-hybridized carbons (Fsp3) is 0.562. The number of benzene rings is 1. The van der Waals surface area contributed by atoms with Crippen LogP contribution in [-0.2, 0) is 4.79 Å². The molecule has 1 saturated heterocycles. The molecular weight excluding hydrogens is 288 g/mol. The largest absolute Gasteiger partial charge is 0.483 e. The minimum Gasteiger partial charge on any atom is -0.483 e. The van der Waals surface area contributed by atoms with E-state index in [-0.39, 0.29) is 31.0 Å². The maximum Gasteiger partial charge on any atom is 0.258 e. The molecule has 4 nitrogen and oxygen atoms in total. The van der Waals surface area contributed by atoms with Crippen LogP contribution in [0, 0.1) is 13.8 Å². The van der Waals surface area contributed by atoms with Crippen molar-refractivity contribution in [3.63, 3.8) is 0 Å². The summed E-state index contributed by atoms with van der Waals surface area (Å²) in [6, 6.07) is 6.75. The summed E-state index contributed by atoms with van der Waals surface area (Å²) in [6.45, 7) is 7.20. The molecule has 1 aromatic carbocycles. The highest BCUT2D eigenvalue weighted by molar-refractivity contribution is 5.85. The van der Waals surface area contributed by atoms with Crippen LogP contribution in [-0.4, -0.2) is 31.1 Å². The number of carbonyl (C=O) groups is 1. The zero-order chi connectivity index (χ0) is 14.5. The Labute approximate surface area is 133 Å². The highest BCUT2D eigenvalue weighted by Crippen LogP contribution is 2.18. The summed E-state index contributed by atoms with van der Waals surface area (Å²) in [5.74, 6) is 0.754. The number of hydrogen-bond acceptors (Lipinski definition) is 3. The average molecular weight is 313 g/mol. The summed E-state index contributed by atoms with van der Waals surface area (Å²) < 4.78 is 5.62. The van der Waals surface area contributed by atoms with Crippen molar-refractivity contribution in [1.29, 1.82) is 0 Å². The van der Waals surface area contributed by atoms with Gasteiger partial charge in [0.25, 0.3) is 5.91 Å². The van der Waals surface area contributed by atoms with Crippen molar-refractivity contribution in [2.24, 2.45) is 0 Å². The first-order chi connectivity index (χ1) is 9.54. The molecule has 21 heavy (non-hydrogen) atoms. The molecule has 2 atom stereocenters. The Morgan fingerprint density at radius 3 is 2.90 bits per heavy atom. The average Bonchev–Trinajstić information content (AvgIpc) is 2.40. The normalized spacial score (nSPS) is 21.3. The lowest BCUT2D eigenvalue weighted by molar-refractivity contribution is -0.124. The molecule has 0 aliphatic carbocycles. The van der Waals surface area contributed by atoms with Gasteiger partial charge in [-0.1, -0.05) is 12.1 Å². The van der Waals surface area contributed by atoms with Crippen molar-refractivity contribution < 1.29 is 9.53 Å². The smallest absolute Gasteiger partial charge is 0.258 e. The fourth-order valence-electron chi connectivity index (χ4n) is 2.54. The maximum absolute atomic E-state index is 11.9. The number of piperidine rings is 1. The summed E-state index contributed by atoms with van der Waals surface area (Å²) in [4.78, 5) is 11.9. The predicted octanol–water partition coefficient (Wildman–Crippen LogP) is 2.36. The first-order valence-electron chi connectivity index (χ1n) is 7.27. The monoisotopic (exact) mass is 312 g/mol. The van der Waals surface area contributed by atoms with Crippen LogP contribution in [0.4, 0.5) is 0 Å². The van der Waals surface area contributed by atoms with Crippen LogP contribution in [0.2, 0.25) is 0 Å². The molecule has 1 aliphatic heterocycles. The Hall–Kier alpha value is -1.26. The third-order valence-corrected chi connectivity index (χ3v) is 3.69. The highest BCUT2D eigenvalue weighted by atomic mass is 35.5. The van der Waals surface area contributed by atoms with Gasteiger partial charge in [0.2, 0.25) is 0 Å². The van der Waals surface area contributed by atoms with Crippen molar-refractivity contribution in [3.8, 4) is 5.75 Å². The second-order valence-electron chi connectivity index (χ2n) is 5.70. The van der Waals surface area contributed by atoms with Crippen molar-refractivity contribution in [2.75, 3.05) is 13.2 Å². The summed E-state index contributed by atoms with van der Waals surface area (Å²) in [5.41, 5.74) is 2.19. The molecular formula is C16H25ClN2O2. The molecule has 0 aromatic heterocycles. The topological polar surface area (TPSA) is 50.4 Å². The van der Waals surface area contributed by atoms with Gasteiger partial charge in [0.05, 0.1) is 0 Å². The van der Waals surface area contributed by atoms with Crippen LogP contribution >= 0.6 is 12.4 Å². The molecule has 5 heteroatoms.